The van der Waals surface area contributed by atoms with E-state index in [-0.39, 0.29) is 62.0 Å². The predicted molar refractivity (Wildman–Crippen MR) is 31.3 cm³/mol. The van der Waals surface area contributed by atoms with Gasteiger partial charge in [0, 0.05) is 0 Å². The third kappa shape index (κ3) is 10.6. The zero-order chi connectivity index (χ0) is 5.91. The molecule has 0 radical (unpaired) electrons. The third-order valence-corrected chi connectivity index (χ3v) is 1.64. The van der Waals surface area contributed by atoms with E-state index in [1.807, 2.05) is 0 Å². The van der Waals surface area contributed by atoms with Crippen LogP contribution in [0.15, 0.2) is 0 Å². The van der Waals surface area contributed by atoms with Crippen LogP contribution in [0.1, 0.15) is 2.85 Å². The zero-order valence-electron chi connectivity index (χ0n) is 6.94. The molecule has 0 bridgehead atoms. The van der Waals surface area contributed by atoms with Crippen LogP contribution in [0.25, 0.3) is 0 Å². The van der Waals surface area contributed by atoms with Crippen molar-refractivity contribution in [2.75, 3.05) is 0 Å². The van der Waals surface area contributed by atoms with E-state index in [2.05, 4.69) is 33.1 Å². The number of hydrogen-bond donors (Lipinski definition) is 2. The molecule has 0 aromatic heterocycles. The average molecular weight is 210 g/mol. The first-order valence-corrected chi connectivity index (χ1v) is 3.10. The maximum absolute atomic E-state index is 9.77. The smallest absolute Gasteiger partial charge is 1.00 e. The van der Waals surface area contributed by atoms with Gasteiger partial charge in [-0.25, -0.2) is 0 Å². The van der Waals surface area contributed by atoms with Crippen LogP contribution in [0.3, 0.4) is 0 Å². The monoisotopic (exact) mass is 210 g/mol. The van der Waals surface area contributed by atoms with Crippen LogP contribution in [-0.2, 0) is 17.7 Å². The number of rotatable bonds is 2. The summed E-state index contributed by atoms with van der Waals surface area (Å²) < 4.78 is 26.5. The van der Waals surface area contributed by atoms with Crippen molar-refractivity contribution in [3.05, 3.63) is 0 Å². The van der Waals surface area contributed by atoms with Crippen molar-refractivity contribution in [3.63, 3.8) is 0 Å². The molecule has 0 aromatic rings. The van der Waals surface area contributed by atoms with Crippen molar-refractivity contribution in [1.29, 1.82) is 0 Å². The van der Waals surface area contributed by atoms with Crippen LogP contribution in [0.5, 0.6) is 0 Å². The van der Waals surface area contributed by atoms with Gasteiger partial charge in [-0.05, 0) is 25.8 Å². The molecule has 0 aliphatic rings. The Morgan fingerprint density at radius 3 is 1.33 bits per heavy atom. The summed E-state index contributed by atoms with van der Waals surface area (Å²) in [6.45, 7) is 0. The average Bonchev–Trinajstić information content (AvgIpc) is 1.68. The van der Waals surface area contributed by atoms with Gasteiger partial charge in [-0.2, -0.15) is 15.7 Å². The van der Waals surface area contributed by atoms with Crippen molar-refractivity contribution >= 4 is 36.2 Å². The normalized spacial score (nSPS) is 9.11. The minimum absolute atomic E-state index is 0. The maximum Gasteiger partial charge on any atom is 1.00 e. The molecule has 48 valence electrons. The molecule has 0 fully saturated rings. The Kier molecular flexibility index (Phi) is 16.9. The molecular weight excluding hydrogens is 206 g/mol. The second-order valence-electron chi connectivity index (χ2n) is 0.557. The third-order valence-electron chi connectivity index (χ3n) is 0.183. The summed E-state index contributed by atoms with van der Waals surface area (Å²) in [5, 5.41) is 0. The first kappa shape index (κ1) is 17.6. The fourth-order valence-corrected chi connectivity index (χ4v) is 0.367. The van der Waals surface area contributed by atoms with Gasteiger partial charge in [0.15, 0.2) is 0 Å². The van der Waals surface area contributed by atoms with Crippen LogP contribution in [0.2, 0.25) is 0 Å². The molecule has 0 spiro atoms. The fourth-order valence-electron chi connectivity index (χ4n) is 0.0136. The van der Waals surface area contributed by atoms with Crippen molar-refractivity contribution in [2.24, 2.45) is 0 Å². The molecule has 0 saturated carbocycles. The second kappa shape index (κ2) is 8.66. The predicted octanol–water partition coefficient (Wildman–Crippen LogP) is -5.81. The molecule has 0 atom stereocenters. The van der Waals surface area contributed by atoms with E-state index in [0.29, 0.717) is 0 Å². The second-order valence-corrected chi connectivity index (χ2v) is 2.57. The van der Waals surface area contributed by atoms with Gasteiger partial charge in [0.2, 0.25) is 0 Å². The SMILES string of the molecule is O=S(=O)(OS)OS.[H-].[H-].[Na+].[Na+]. The quantitative estimate of drug-likeness (QED) is 0.271. The zero-order valence-corrected chi connectivity index (χ0v) is 11.5. The minimum atomic E-state index is -3.93. The van der Waals surface area contributed by atoms with Crippen LogP contribution >= 0.6 is 25.8 Å². The summed E-state index contributed by atoms with van der Waals surface area (Å²) in [5.74, 6) is 0. The van der Waals surface area contributed by atoms with Gasteiger partial charge in [0.05, 0.1) is 0 Å². The van der Waals surface area contributed by atoms with Crippen LogP contribution in [-0.4, -0.2) is 8.42 Å². The summed E-state index contributed by atoms with van der Waals surface area (Å²) in [6, 6.07) is 0. The van der Waals surface area contributed by atoms with E-state index in [9.17, 15) is 8.42 Å². The van der Waals surface area contributed by atoms with Gasteiger partial charge in [-0.1, -0.05) is 0 Å². The fraction of sp³-hybridized carbons (Fsp3) is 0. The Morgan fingerprint density at radius 1 is 1.11 bits per heavy atom. The largest absolute Gasteiger partial charge is 1.00 e. The van der Waals surface area contributed by atoms with Crippen molar-refractivity contribution in [1.82, 2.24) is 0 Å². The minimum Gasteiger partial charge on any atom is -1.00 e. The van der Waals surface area contributed by atoms with Gasteiger partial charge in [-0.15, -0.1) is 0 Å². The van der Waals surface area contributed by atoms with E-state index in [1.165, 1.54) is 0 Å². The summed E-state index contributed by atoms with van der Waals surface area (Å²) in [5.41, 5.74) is 0. The molecule has 9 heteroatoms. The Hall–Kier alpha value is 2.57. The number of thiol groups is 2. The van der Waals surface area contributed by atoms with Crippen LogP contribution in [0, 0.1) is 0 Å². The summed E-state index contributed by atoms with van der Waals surface area (Å²) >= 11 is 5.84. The van der Waals surface area contributed by atoms with Crippen LogP contribution in [0.4, 0.5) is 0 Å². The van der Waals surface area contributed by atoms with Crippen molar-refractivity contribution in [3.8, 4) is 0 Å². The van der Waals surface area contributed by atoms with E-state index in [1.54, 1.807) is 0 Å². The molecule has 0 N–H and O–H groups in total. The Bertz CT molecular complexity index is 124. The molecule has 0 heterocycles. The van der Waals surface area contributed by atoms with E-state index < -0.39 is 10.4 Å². The van der Waals surface area contributed by atoms with Gasteiger partial charge in [0.25, 0.3) is 0 Å². The van der Waals surface area contributed by atoms with E-state index >= 15 is 0 Å². The molecular formula is H4Na2O4S3. The Morgan fingerprint density at radius 2 is 1.33 bits per heavy atom. The molecule has 9 heavy (non-hydrogen) atoms. The molecule has 0 aromatic carbocycles. The van der Waals surface area contributed by atoms with Gasteiger partial charge >= 0.3 is 69.5 Å². The Balaban J connectivity index is -0.0000000300. The van der Waals surface area contributed by atoms with Crippen molar-refractivity contribution in [2.45, 2.75) is 0 Å². The molecule has 0 aliphatic carbocycles. The standard InChI is InChI=1S/2Na.H2O4S3.2H/c;;1-7(2,3-5)4-6;;/h;;5-6H;;/q2*+1;;2*-1. The first-order valence-electron chi connectivity index (χ1n) is 1.03. The Labute approximate surface area is 112 Å². The summed E-state index contributed by atoms with van der Waals surface area (Å²) in [7, 11) is -3.93. The molecule has 0 unspecified atom stereocenters. The summed E-state index contributed by atoms with van der Waals surface area (Å²) in [4.78, 5) is 0. The number of hydrogen-bond acceptors (Lipinski definition) is 6. The summed E-state index contributed by atoms with van der Waals surface area (Å²) in [6.07, 6.45) is 0. The first-order chi connectivity index (χ1) is 3.12. The van der Waals surface area contributed by atoms with E-state index in [0.717, 1.165) is 0 Å². The van der Waals surface area contributed by atoms with Gasteiger partial charge in [-0.3, -0.25) is 0 Å². The van der Waals surface area contributed by atoms with Crippen LogP contribution < -0.4 is 59.1 Å². The van der Waals surface area contributed by atoms with Crippen molar-refractivity contribution < 1.29 is 77.6 Å². The molecule has 0 rings (SSSR count). The van der Waals surface area contributed by atoms with E-state index in [4.69, 9.17) is 0 Å². The molecule has 0 aliphatic heterocycles. The molecule has 4 nitrogen and oxygen atoms in total. The van der Waals surface area contributed by atoms with Gasteiger partial charge in [0.1, 0.15) is 0 Å². The topological polar surface area (TPSA) is 52.6 Å². The maximum atomic E-state index is 9.77. The molecule has 0 amide bonds. The van der Waals surface area contributed by atoms with Gasteiger partial charge < -0.3 is 2.85 Å². The molecule has 0 saturated heterocycles.